The molecule has 2 fully saturated rings. The van der Waals surface area contributed by atoms with E-state index in [9.17, 15) is 8.42 Å². The summed E-state index contributed by atoms with van der Waals surface area (Å²) in [4.78, 5) is 4.63. The van der Waals surface area contributed by atoms with Gasteiger partial charge >= 0.3 is 0 Å². The molecule has 22 heavy (non-hydrogen) atoms. The lowest BCUT2D eigenvalue weighted by Crippen LogP contribution is -2.49. The van der Waals surface area contributed by atoms with Gasteiger partial charge in [-0.1, -0.05) is 12.1 Å². The summed E-state index contributed by atoms with van der Waals surface area (Å²) in [5.41, 5.74) is 2.41. The lowest BCUT2D eigenvalue weighted by atomic mass is 10.2. The predicted octanol–water partition coefficient (Wildman–Crippen LogP) is 0.605. The summed E-state index contributed by atoms with van der Waals surface area (Å²) in [6.45, 7) is 5.89. The van der Waals surface area contributed by atoms with Crippen LogP contribution in [0.2, 0.25) is 0 Å². The number of ether oxygens (including phenoxy) is 1. The van der Waals surface area contributed by atoms with E-state index in [1.165, 1.54) is 17.6 Å². The molecule has 2 aliphatic rings. The van der Waals surface area contributed by atoms with Crippen molar-refractivity contribution < 1.29 is 13.2 Å². The summed E-state index contributed by atoms with van der Waals surface area (Å²) >= 11 is 0. The summed E-state index contributed by atoms with van der Waals surface area (Å²) in [5.74, 6) is 0. The molecule has 0 spiro atoms. The first kappa shape index (κ1) is 15.6. The number of benzene rings is 1. The predicted molar refractivity (Wildman–Crippen MR) is 88.1 cm³/mol. The third kappa shape index (κ3) is 3.37. The Morgan fingerprint density at radius 3 is 1.86 bits per heavy atom. The van der Waals surface area contributed by atoms with E-state index in [-0.39, 0.29) is 0 Å². The molecule has 6 nitrogen and oxygen atoms in total. The summed E-state index contributed by atoms with van der Waals surface area (Å²) in [5, 5.41) is 0. The van der Waals surface area contributed by atoms with Crippen molar-refractivity contribution in [3.63, 3.8) is 0 Å². The van der Waals surface area contributed by atoms with Crippen molar-refractivity contribution in [2.45, 2.75) is 0 Å². The molecule has 0 radical (unpaired) electrons. The van der Waals surface area contributed by atoms with Crippen LogP contribution in [-0.4, -0.2) is 71.5 Å². The normalized spacial score (nSPS) is 21.1. The molecule has 0 aromatic heterocycles. The van der Waals surface area contributed by atoms with Crippen molar-refractivity contribution in [2.24, 2.45) is 0 Å². The summed E-state index contributed by atoms with van der Waals surface area (Å²) < 4.78 is 30.2. The highest BCUT2D eigenvalue weighted by Crippen LogP contribution is 2.30. The molecule has 1 aromatic carbocycles. The molecule has 2 heterocycles. The van der Waals surface area contributed by atoms with Crippen LogP contribution in [0, 0.1) is 0 Å². The van der Waals surface area contributed by atoms with Gasteiger partial charge in [-0.3, -0.25) is 0 Å². The van der Waals surface area contributed by atoms with Crippen molar-refractivity contribution in [3.05, 3.63) is 24.3 Å². The molecule has 0 unspecified atom stereocenters. The van der Waals surface area contributed by atoms with Crippen molar-refractivity contribution in [1.29, 1.82) is 0 Å². The second-order valence-corrected chi connectivity index (χ2v) is 7.72. The van der Waals surface area contributed by atoms with Gasteiger partial charge in [0.2, 0.25) is 10.0 Å². The number of hydrogen-bond donors (Lipinski definition) is 0. The molecular weight excluding hydrogens is 302 g/mol. The Morgan fingerprint density at radius 2 is 1.36 bits per heavy atom. The van der Waals surface area contributed by atoms with Gasteiger partial charge < -0.3 is 14.5 Å². The number of nitrogens with zero attached hydrogens (tertiary/aromatic N) is 3. The maximum atomic E-state index is 11.6. The van der Waals surface area contributed by atoms with Crippen LogP contribution >= 0.6 is 0 Å². The van der Waals surface area contributed by atoms with Crippen LogP contribution < -0.4 is 9.80 Å². The lowest BCUT2D eigenvalue weighted by Gasteiger charge is -2.38. The first-order valence-corrected chi connectivity index (χ1v) is 9.52. The minimum atomic E-state index is -3.08. The molecular formula is C15H23N3O3S. The van der Waals surface area contributed by atoms with Crippen LogP contribution in [0.25, 0.3) is 0 Å². The van der Waals surface area contributed by atoms with Crippen LogP contribution in [-0.2, 0) is 14.8 Å². The topological polar surface area (TPSA) is 53.1 Å². The molecule has 7 heteroatoms. The van der Waals surface area contributed by atoms with Crippen molar-refractivity contribution >= 4 is 21.4 Å². The minimum Gasteiger partial charge on any atom is -0.378 e. The zero-order chi connectivity index (χ0) is 15.6. The van der Waals surface area contributed by atoms with Crippen LogP contribution in [0.1, 0.15) is 0 Å². The molecule has 0 amide bonds. The molecule has 1 aromatic rings. The second-order valence-electron chi connectivity index (χ2n) is 5.74. The van der Waals surface area contributed by atoms with E-state index in [1.54, 1.807) is 4.31 Å². The maximum Gasteiger partial charge on any atom is 0.211 e. The molecule has 122 valence electrons. The van der Waals surface area contributed by atoms with Gasteiger partial charge in [-0.05, 0) is 12.1 Å². The highest BCUT2D eigenvalue weighted by atomic mass is 32.2. The van der Waals surface area contributed by atoms with Crippen LogP contribution in [0.3, 0.4) is 0 Å². The average molecular weight is 325 g/mol. The van der Waals surface area contributed by atoms with E-state index < -0.39 is 10.0 Å². The first-order chi connectivity index (χ1) is 10.6. The maximum absolute atomic E-state index is 11.6. The van der Waals surface area contributed by atoms with Gasteiger partial charge in [0, 0.05) is 39.3 Å². The van der Waals surface area contributed by atoms with Gasteiger partial charge in [0.15, 0.2) is 0 Å². The largest absolute Gasteiger partial charge is 0.378 e. The molecule has 3 rings (SSSR count). The SMILES string of the molecule is CS(=O)(=O)N1CCN(c2ccccc2N2CCOCC2)CC1. The summed E-state index contributed by atoms with van der Waals surface area (Å²) in [6.07, 6.45) is 1.28. The molecule has 0 aliphatic carbocycles. The quantitative estimate of drug-likeness (QED) is 0.815. The Labute approximate surface area is 132 Å². The minimum absolute atomic E-state index is 0.552. The number of hydrogen-bond acceptors (Lipinski definition) is 5. The number of rotatable bonds is 3. The number of piperazine rings is 1. The molecule has 0 N–H and O–H groups in total. The number of para-hydroxylation sites is 2. The number of sulfonamides is 1. The number of morpholine rings is 1. The van der Waals surface area contributed by atoms with Gasteiger partial charge in [-0.15, -0.1) is 0 Å². The van der Waals surface area contributed by atoms with Gasteiger partial charge in [0.25, 0.3) is 0 Å². The number of anilines is 2. The van der Waals surface area contributed by atoms with E-state index in [0.717, 1.165) is 39.4 Å². The van der Waals surface area contributed by atoms with Crippen molar-refractivity contribution in [1.82, 2.24) is 4.31 Å². The summed E-state index contributed by atoms with van der Waals surface area (Å²) in [7, 11) is -3.08. The lowest BCUT2D eigenvalue weighted by molar-refractivity contribution is 0.122. The van der Waals surface area contributed by atoms with Crippen LogP contribution in [0.4, 0.5) is 11.4 Å². The fourth-order valence-corrected chi connectivity index (χ4v) is 3.89. The monoisotopic (exact) mass is 325 g/mol. The smallest absolute Gasteiger partial charge is 0.211 e. The third-order valence-corrected chi connectivity index (χ3v) is 5.59. The highest BCUT2D eigenvalue weighted by molar-refractivity contribution is 7.88. The second kappa shape index (κ2) is 6.44. The zero-order valence-electron chi connectivity index (χ0n) is 12.9. The molecule has 0 atom stereocenters. The zero-order valence-corrected chi connectivity index (χ0v) is 13.8. The van der Waals surface area contributed by atoms with Crippen LogP contribution in [0.5, 0.6) is 0 Å². The van der Waals surface area contributed by atoms with E-state index in [0.29, 0.717) is 13.1 Å². The van der Waals surface area contributed by atoms with Gasteiger partial charge in [0.1, 0.15) is 0 Å². The highest BCUT2D eigenvalue weighted by Gasteiger charge is 2.25. The van der Waals surface area contributed by atoms with E-state index in [4.69, 9.17) is 4.74 Å². The van der Waals surface area contributed by atoms with E-state index in [1.807, 2.05) is 6.07 Å². The summed E-state index contributed by atoms with van der Waals surface area (Å²) in [6, 6.07) is 8.37. The van der Waals surface area contributed by atoms with Crippen LogP contribution in [0.15, 0.2) is 24.3 Å². The first-order valence-electron chi connectivity index (χ1n) is 7.67. The van der Waals surface area contributed by atoms with Crippen molar-refractivity contribution in [2.75, 3.05) is 68.5 Å². The van der Waals surface area contributed by atoms with Gasteiger partial charge in [0.05, 0.1) is 30.8 Å². The Balaban J connectivity index is 1.75. The Bertz CT molecular complexity index is 606. The fraction of sp³-hybridized carbons (Fsp3) is 0.600. The van der Waals surface area contributed by atoms with E-state index in [2.05, 4.69) is 28.0 Å². The molecule has 0 bridgehead atoms. The standard InChI is InChI=1S/C15H23N3O3S/c1-22(19,20)18-8-6-16(7-9-18)14-4-2-3-5-15(14)17-10-12-21-13-11-17/h2-5H,6-13H2,1H3. The molecule has 0 saturated carbocycles. The fourth-order valence-electron chi connectivity index (χ4n) is 3.06. The Hall–Kier alpha value is -1.31. The van der Waals surface area contributed by atoms with E-state index >= 15 is 0 Å². The van der Waals surface area contributed by atoms with Crippen molar-refractivity contribution in [3.8, 4) is 0 Å². The molecule has 2 saturated heterocycles. The Morgan fingerprint density at radius 1 is 0.864 bits per heavy atom. The average Bonchev–Trinajstić information content (AvgIpc) is 2.55. The van der Waals surface area contributed by atoms with Gasteiger partial charge in [-0.25, -0.2) is 8.42 Å². The molecule has 2 aliphatic heterocycles. The third-order valence-electron chi connectivity index (χ3n) is 4.28. The Kier molecular flexibility index (Phi) is 4.56. The van der Waals surface area contributed by atoms with Gasteiger partial charge in [-0.2, -0.15) is 4.31 Å².